The lowest BCUT2D eigenvalue weighted by atomic mass is 10.2. The molecule has 3 aromatic rings. The number of carbonyl (C=O) groups excluding carboxylic acids is 1. The smallest absolute Gasteiger partial charge is 0.256 e. The van der Waals surface area contributed by atoms with Crippen LogP contribution in [0.3, 0.4) is 0 Å². The van der Waals surface area contributed by atoms with Gasteiger partial charge in [-0.2, -0.15) is 4.98 Å². The van der Waals surface area contributed by atoms with Crippen molar-refractivity contribution in [1.82, 2.24) is 10.1 Å². The minimum atomic E-state index is -0.212. The number of rotatable bonds is 5. The number of anilines is 1. The average Bonchev–Trinajstić information content (AvgIpc) is 3.01. The molecule has 1 heterocycles. The SMILES string of the molecule is Cc1ccc(NC(=O)c2ccccc2SCc2nc(C)no2)c(Cl)c1. The molecule has 0 aliphatic rings. The maximum atomic E-state index is 12.7. The number of halogens is 1. The van der Waals surface area contributed by atoms with E-state index in [2.05, 4.69) is 15.5 Å². The summed E-state index contributed by atoms with van der Waals surface area (Å²) in [6, 6.07) is 12.9. The van der Waals surface area contributed by atoms with Gasteiger partial charge in [0, 0.05) is 4.90 Å². The van der Waals surface area contributed by atoms with Crippen LogP contribution in [0.25, 0.3) is 0 Å². The molecule has 0 saturated heterocycles. The van der Waals surface area contributed by atoms with E-state index in [0.29, 0.717) is 33.7 Å². The lowest BCUT2D eigenvalue weighted by molar-refractivity contribution is 0.102. The van der Waals surface area contributed by atoms with E-state index in [9.17, 15) is 4.79 Å². The van der Waals surface area contributed by atoms with Crippen LogP contribution in [0, 0.1) is 13.8 Å². The summed E-state index contributed by atoms with van der Waals surface area (Å²) in [6.45, 7) is 3.72. The number of hydrogen-bond acceptors (Lipinski definition) is 5. The molecule has 2 aromatic carbocycles. The van der Waals surface area contributed by atoms with E-state index < -0.39 is 0 Å². The van der Waals surface area contributed by atoms with Gasteiger partial charge in [0.15, 0.2) is 5.82 Å². The Labute approximate surface area is 154 Å². The van der Waals surface area contributed by atoms with Crippen LogP contribution in [-0.2, 0) is 5.75 Å². The van der Waals surface area contributed by atoms with Crippen LogP contribution < -0.4 is 5.32 Å². The van der Waals surface area contributed by atoms with Crippen LogP contribution in [0.2, 0.25) is 5.02 Å². The molecule has 5 nitrogen and oxygen atoms in total. The molecule has 25 heavy (non-hydrogen) atoms. The fraction of sp³-hybridized carbons (Fsp3) is 0.167. The summed E-state index contributed by atoms with van der Waals surface area (Å²) in [7, 11) is 0. The van der Waals surface area contributed by atoms with E-state index in [-0.39, 0.29) is 5.91 Å². The number of thioether (sulfide) groups is 1. The standard InChI is InChI=1S/C18H16ClN3O2S/c1-11-7-8-15(14(19)9-11)21-18(23)13-5-3-4-6-16(13)25-10-17-20-12(2)22-24-17/h3-9H,10H2,1-2H3,(H,21,23). The molecule has 0 saturated carbocycles. The minimum absolute atomic E-state index is 0.212. The number of amides is 1. The number of nitrogens with one attached hydrogen (secondary N) is 1. The molecular formula is C18H16ClN3O2S. The molecule has 7 heteroatoms. The Morgan fingerprint density at radius 1 is 1.24 bits per heavy atom. The van der Waals surface area contributed by atoms with Gasteiger partial charge in [0.2, 0.25) is 5.89 Å². The third kappa shape index (κ3) is 4.41. The van der Waals surface area contributed by atoms with Crippen LogP contribution in [0.1, 0.15) is 27.6 Å². The van der Waals surface area contributed by atoms with Crippen molar-refractivity contribution in [3.05, 3.63) is 70.3 Å². The largest absolute Gasteiger partial charge is 0.338 e. The second kappa shape index (κ2) is 7.72. The van der Waals surface area contributed by atoms with E-state index in [0.717, 1.165) is 10.5 Å². The molecule has 1 aromatic heterocycles. The van der Waals surface area contributed by atoms with Crippen molar-refractivity contribution in [2.24, 2.45) is 0 Å². The highest BCUT2D eigenvalue weighted by Gasteiger charge is 2.14. The molecule has 3 rings (SSSR count). The normalized spacial score (nSPS) is 10.7. The topological polar surface area (TPSA) is 68.0 Å². The second-order valence-corrected chi connectivity index (χ2v) is 6.88. The van der Waals surface area contributed by atoms with Crippen molar-refractivity contribution in [2.45, 2.75) is 24.5 Å². The van der Waals surface area contributed by atoms with Gasteiger partial charge in [-0.05, 0) is 43.7 Å². The van der Waals surface area contributed by atoms with Gasteiger partial charge in [-0.15, -0.1) is 11.8 Å². The van der Waals surface area contributed by atoms with Gasteiger partial charge < -0.3 is 9.84 Å². The maximum Gasteiger partial charge on any atom is 0.256 e. The highest BCUT2D eigenvalue weighted by Crippen LogP contribution is 2.28. The van der Waals surface area contributed by atoms with Crippen LogP contribution in [-0.4, -0.2) is 16.0 Å². The van der Waals surface area contributed by atoms with Gasteiger partial charge in [0.25, 0.3) is 5.91 Å². The van der Waals surface area contributed by atoms with Crippen molar-refractivity contribution in [3.8, 4) is 0 Å². The van der Waals surface area contributed by atoms with Crippen LogP contribution in [0.5, 0.6) is 0 Å². The van der Waals surface area contributed by atoms with Gasteiger partial charge in [-0.25, -0.2) is 0 Å². The number of aromatic nitrogens is 2. The molecule has 0 aliphatic carbocycles. The van der Waals surface area contributed by atoms with Gasteiger partial charge in [0.1, 0.15) is 0 Å². The molecule has 128 valence electrons. The first-order valence-corrected chi connectivity index (χ1v) is 8.98. The Balaban J connectivity index is 1.76. The summed E-state index contributed by atoms with van der Waals surface area (Å²) in [5.74, 6) is 1.40. The fourth-order valence-corrected chi connectivity index (χ4v) is 3.40. The predicted molar refractivity (Wildman–Crippen MR) is 99.2 cm³/mol. The Morgan fingerprint density at radius 3 is 2.76 bits per heavy atom. The van der Waals surface area contributed by atoms with E-state index in [1.807, 2.05) is 37.3 Å². The van der Waals surface area contributed by atoms with Crippen molar-refractivity contribution < 1.29 is 9.32 Å². The monoisotopic (exact) mass is 373 g/mol. The highest BCUT2D eigenvalue weighted by molar-refractivity contribution is 7.98. The average molecular weight is 374 g/mol. The summed E-state index contributed by atoms with van der Waals surface area (Å²) >= 11 is 7.67. The minimum Gasteiger partial charge on any atom is -0.338 e. The molecule has 0 bridgehead atoms. The van der Waals surface area contributed by atoms with Gasteiger partial charge in [-0.3, -0.25) is 4.79 Å². The zero-order valence-electron chi connectivity index (χ0n) is 13.7. The van der Waals surface area contributed by atoms with Crippen molar-refractivity contribution >= 4 is 35.0 Å². The summed E-state index contributed by atoms with van der Waals surface area (Å²) in [5.41, 5.74) is 2.19. The Morgan fingerprint density at radius 2 is 2.04 bits per heavy atom. The van der Waals surface area contributed by atoms with E-state index >= 15 is 0 Å². The molecule has 1 amide bonds. The number of nitrogens with zero attached hydrogens (tertiary/aromatic N) is 2. The Hall–Kier alpha value is -2.31. The number of hydrogen-bond donors (Lipinski definition) is 1. The third-order valence-corrected chi connectivity index (χ3v) is 4.80. The first-order valence-electron chi connectivity index (χ1n) is 7.61. The van der Waals surface area contributed by atoms with Crippen molar-refractivity contribution in [3.63, 3.8) is 0 Å². The quantitative estimate of drug-likeness (QED) is 0.645. The van der Waals surface area contributed by atoms with Crippen molar-refractivity contribution in [1.29, 1.82) is 0 Å². The summed E-state index contributed by atoms with van der Waals surface area (Å²) in [6.07, 6.45) is 0. The van der Waals surface area contributed by atoms with E-state index in [4.69, 9.17) is 16.1 Å². The summed E-state index contributed by atoms with van der Waals surface area (Å²) < 4.78 is 5.11. The second-order valence-electron chi connectivity index (χ2n) is 5.46. The summed E-state index contributed by atoms with van der Waals surface area (Å²) in [5, 5.41) is 7.14. The van der Waals surface area contributed by atoms with E-state index in [1.54, 1.807) is 19.1 Å². The Bertz CT molecular complexity index is 911. The first kappa shape index (κ1) is 17.5. The van der Waals surface area contributed by atoms with Crippen molar-refractivity contribution in [2.75, 3.05) is 5.32 Å². The molecule has 0 unspecified atom stereocenters. The molecule has 0 atom stereocenters. The molecular weight excluding hydrogens is 358 g/mol. The van der Waals surface area contributed by atoms with Gasteiger partial charge in [-0.1, -0.05) is 35.0 Å². The molecule has 0 aliphatic heterocycles. The third-order valence-electron chi connectivity index (χ3n) is 3.43. The number of benzene rings is 2. The van der Waals surface area contributed by atoms with Crippen LogP contribution in [0.4, 0.5) is 5.69 Å². The molecule has 0 fully saturated rings. The predicted octanol–water partition coefficient (Wildman–Crippen LogP) is 4.88. The Kier molecular flexibility index (Phi) is 5.40. The van der Waals surface area contributed by atoms with Crippen LogP contribution >= 0.6 is 23.4 Å². The number of aryl methyl sites for hydroxylation is 2. The van der Waals surface area contributed by atoms with Gasteiger partial charge >= 0.3 is 0 Å². The van der Waals surface area contributed by atoms with Gasteiger partial charge in [0.05, 0.1) is 22.0 Å². The first-order chi connectivity index (χ1) is 12.0. The molecule has 0 radical (unpaired) electrons. The van der Waals surface area contributed by atoms with E-state index in [1.165, 1.54) is 11.8 Å². The fourth-order valence-electron chi connectivity index (χ4n) is 2.23. The molecule has 1 N–H and O–H groups in total. The maximum absolute atomic E-state index is 12.7. The molecule has 0 spiro atoms. The number of carbonyl (C=O) groups is 1. The lowest BCUT2D eigenvalue weighted by Crippen LogP contribution is -2.13. The summed E-state index contributed by atoms with van der Waals surface area (Å²) in [4.78, 5) is 17.7. The zero-order valence-corrected chi connectivity index (χ0v) is 15.3. The van der Waals surface area contributed by atoms with Crippen LogP contribution in [0.15, 0.2) is 51.9 Å². The highest BCUT2D eigenvalue weighted by atomic mass is 35.5. The lowest BCUT2D eigenvalue weighted by Gasteiger charge is -2.11. The zero-order chi connectivity index (χ0) is 17.8.